The standard InChI is InChI=1S/C36H37BrO4/c1-25(26-10-6-4-7-11-26)22-32(27-12-8-5-9-13-27)23-33(28-14-18-30(19-15-28)35(38)40-2)24-34(37)29-16-20-31(21-17-29)36(39)41-3/h4-21,25,32-34H,22-24H2,1-3H3. The Balaban J connectivity index is 1.64. The van der Waals surface area contributed by atoms with Gasteiger partial charge in [-0.3, -0.25) is 0 Å². The minimum Gasteiger partial charge on any atom is -0.465 e. The first-order chi connectivity index (χ1) is 19.9. The van der Waals surface area contributed by atoms with Crippen LogP contribution in [0.5, 0.6) is 0 Å². The molecule has 4 rings (SSSR count). The zero-order chi connectivity index (χ0) is 29.2. The van der Waals surface area contributed by atoms with Gasteiger partial charge < -0.3 is 9.47 Å². The van der Waals surface area contributed by atoms with Crippen molar-refractivity contribution in [3.8, 4) is 0 Å². The predicted molar refractivity (Wildman–Crippen MR) is 168 cm³/mol. The minimum atomic E-state index is -0.343. The highest BCUT2D eigenvalue weighted by Gasteiger charge is 2.25. The Labute approximate surface area is 251 Å². The summed E-state index contributed by atoms with van der Waals surface area (Å²) in [5, 5.41) is 0. The molecular formula is C36H37BrO4. The van der Waals surface area contributed by atoms with Crippen LogP contribution in [0.3, 0.4) is 0 Å². The Kier molecular flexibility index (Phi) is 10.9. The van der Waals surface area contributed by atoms with Crippen LogP contribution in [0.25, 0.3) is 0 Å². The van der Waals surface area contributed by atoms with Crippen molar-refractivity contribution >= 4 is 27.9 Å². The molecule has 0 aliphatic rings. The summed E-state index contributed by atoms with van der Waals surface area (Å²) in [7, 11) is 2.79. The molecule has 0 saturated heterocycles. The molecule has 0 saturated carbocycles. The summed E-state index contributed by atoms with van der Waals surface area (Å²) >= 11 is 3.95. The second kappa shape index (κ2) is 14.8. The lowest BCUT2D eigenvalue weighted by molar-refractivity contribution is 0.0592. The second-order valence-corrected chi connectivity index (χ2v) is 11.6. The molecule has 0 radical (unpaired) electrons. The first-order valence-electron chi connectivity index (χ1n) is 14.0. The van der Waals surface area contributed by atoms with E-state index < -0.39 is 0 Å². The van der Waals surface area contributed by atoms with E-state index in [0.29, 0.717) is 23.0 Å². The van der Waals surface area contributed by atoms with Gasteiger partial charge in [-0.25, -0.2) is 9.59 Å². The van der Waals surface area contributed by atoms with E-state index in [1.165, 1.54) is 30.9 Å². The molecule has 41 heavy (non-hydrogen) atoms. The monoisotopic (exact) mass is 612 g/mol. The van der Waals surface area contributed by atoms with Crippen LogP contribution >= 0.6 is 15.9 Å². The molecule has 4 aromatic carbocycles. The largest absolute Gasteiger partial charge is 0.465 e. The van der Waals surface area contributed by atoms with Gasteiger partial charge in [0.05, 0.1) is 25.3 Å². The van der Waals surface area contributed by atoms with E-state index in [1.54, 1.807) is 0 Å². The highest BCUT2D eigenvalue weighted by atomic mass is 79.9. The molecule has 0 amide bonds. The van der Waals surface area contributed by atoms with E-state index in [0.717, 1.165) is 24.8 Å². The van der Waals surface area contributed by atoms with Crippen molar-refractivity contribution < 1.29 is 19.1 Å². The van der Waals surface area contributed by atoms with Crippen molar-refractivity contribution in [2.45, 2.75) is 48.8 Å². The second-order valence-electron chi connectivity index (χ2n) is 10.5. The number of ether oxygens (including phenoxy) is 2. The third-order valence-electron chi connectivity index (χ3n) is 7.83. The summed E-state index contributed by atoms with van der Waals surface area (Å²) < 4.78 is 9.78. The molecule has 4 aromatic rings. The number of hydrogen-bond donors (Lipinski definition) is 0. The van der Waals surface area contributed by atoms with E-state index >= 15 is 0 Å². The number of alkyl halides is 1. The maximum absolute atomic E-state index is 12.1. The van der Waals surface area contributed by atoms with Gasteiger partial charge >= 0.3 is 11.9 Å². The molecule has 0 fully saturated rings. The van der Waals surface area contributed by atoms with Crippen molar-refractivity contribution in [2.24, 2.45) is 0 Å². The van der Waals surface area contributed by atoms with Gasteiger partial charge in [-0.05, 0) is 83.5 Å². The molecule has 4 nitrogen and oxygen atoms in total. The van der Waals surface area contributed by atoms with E-state index in [4.69, 9.17) is 9.47 Å². The van der Waals surface area contributed by atoms with Crippen LogP contribution in [-0.2, 0) is 9.47 Å². The lowest BCUT2D eigenvalue weighted by Gasteiger charge is -2.28. The van der Waals surface area contributed by atoms with Crippen LogP contribution in [0.1, 0.15) is 91.7 Å². The molecule has 0 N–H and O–H groups in total. The van der Waals surface area contributed by atoms with Crippen molar-refractivity contribution in [1.29, 1.82) is 0 Å². The van der Waals surface area contributed by atoms with Crippen LogP contribution in [-0.4, -0.2) is 26.2 Å². The normalized spacial score (nSPS) is 14.0. The minimum absolute atomic E-state index is 0.0717. The molecule has 0 aliphatic carbocycles. The fourth-order valence-electron chi connectivity index (χ4n) is 5.49. The smallest absolute Gasteiger partial charge is 0.337 e. The number of benzene rings is 4. The number of esters is 2. The average molecular weight is 614 g/mol. The number of rotatable bonds is 12. The van der Waals surface area contributed by atoms with Crippen molar-refractivity contribution in [3.63, 3.8) is 0 Å². The Bertz CT molecular complexity index is 1390. The van der Waals surface area contributed by atoms with Crippen LogP contribution in [0, 0.1) is 0 Å². The lowest BCUT2D eigenvalue weighted by atomic mass is 9.77. The maximum Gasteiger partial charge on any atom is 0.337 e. The van der Waals surface area contributed by atoms with E-state index in [2.05, 4.69) is 95.7 Å². The summed E-state index contributed by atoms with van der Waals surface area (Å²) in [6.07, 6.45) is 2.81. The summed E-state index contributed by atoms with van der Waals surface area (Å²) in [4.78, 5) is 24.1. The lowest BCUT2D eigenvalue weighted by Crippen LogP contribution is -2.12. The molecule has 0 spiro atoms. The molecule has 4 atom stereocenters. The zero-order valence-corrected chi connectivity index (χ0v) is 25.4. The fraction of sp³-hybridized carbons (Fsp3) is 0.278. The summed E-state index contributed by atoms with van der Waals surface area (Å²) in [5.74, 6) is 0.257. The first-order valence-corrected chi connectivity index (χ1v) is 14.9. The van der Waals surface area contributed by atoms with Gasteiger partial charge in [-0.15, -0.1) is 0 Å². The average Bonchev–Trinajstić information content (AvgIpc) is 3.04. The SMILES string of the molecule is COC(=O)c1ccc(C(Br)CC(CC(CC(C)c2ccccc2)c2ccccc2)c2ccc(C(=O)OC)cc2)cc1. The number of hydrogen-bond acceptors (Lipinski definition) is 4. The molecule has 5 heteroatoms. The maximum atomic E-state index is 12.1. The van der Waals surface area contributed by atoms with Gasteiger partial charge in [-0.2, -0.15) is 0 Å². The summed E-state index contributed by atoms with van der Waals surface area (Å²) in [6.45, 7) is 2.31. The Morgan fingerprint density at radius 2 is 0.976 bits per heavy atom. The first kappa shape index (κ1) is 30.3. The third kappa shape index (κ3) is 8.17. The molecule has 212 valence electrons. The van der Waals surface area contributed by atoms with E-state index in [9.17, 15) is 9.59 Å². The van der Waals surface area contributed by atoms with Crippen LogP contribution in [0.15, 0.2) is 109 Å². The number of halogens is 1. The predicted octanol–water partition coefficient (Wildman–Crippen LogP) is 9.24. The van der Waals surface area contributed by atoms with Crippen molar-refractivity contribution in [3.05, 3.63) is 143 Å². The van der Waals surface area contributed by atoms with Crippen LogP contribution in [0.4, 0.5) is 0 Å². The molecule has 0 aromatic heterocycles. The fourth-order valence-corrected chi connectivity index (χ4v) is 6.25. The number of methoxy groups -OCH3 is 2. The molecule has 4 unspecified atom stereocenters. The van der Waals surface area contributed by atoms with Crippen LogP contribution in [0.2, 0.25) is 0 Å². The molecule has 0 heterocycles. The summed E-state index contributed by atoms with van der Waals surface area (Å²) in [6, 6.07) is 36.9. The van der Waals surface area contributed by atoms with E-state index in [-0.39, 0.29) is 22.7 Å². The van der Waals surface area contributed by atoms with Gasteiger partial charge in [0.2, 0.25) is 0 Å². The molecular weight excluding hydrogens is 576 g/mol. The Morgan fingerprint density at radius 3 is 1.46 bits per heavy atom. The Hall–Kier alpha value is -3.70. The van der Waals surface area contributed by atoms with Gasteiger partial charge in [0, 0.05) is 4.83 Å². The van der Waals surface area contributed by atoms with Gasteiger partial charge in [0.25, 0.3) is 0 Å². The van der Waals surface area contributed by atoms with Crippen LogP contribution < -0.4 is 0 Å². The zero-order valence-electron chi connectivity index (χ0n) is 23.8. The van der Waals surface area contributed by atoms with Gasteiger partial charge in [-0.1, -0.05) is 108 Å². The summed E-state index contributed by atoms with van der Waals surface area (Å²) in [5.41, 5.74) is 6.03. The highest BCUT2D eigenvalue weighted by molar-refractivity contribution is 9.09. The third-order valence-corrected chi connectivity index (χ3v) is 8.74. The number of carbonyl (C=O) groups is 2. The highest BCUT2D eigenvalue weighted by Crippen LogP contribution is 2.42. The molecule has 0 aliphatic heterocycles. The topological polar surface area (TPSA) is 52.6 Å². The van der Waals surface area contributed by atoms with E-state index in [1.807, 2.05) is 36.4 Å². The molecule has 0 bridgehead atoms. The van der Waals surface area contributed by atoms with Gasteiger partial charge in [0.15, 0.2) is 0 Å². The van der Waals surface area contributed by atoms with Crippen molar-refractivity contribution in [1.82, 2.24) is 0 Å². The van der Waals surface area contributed by atoms with Gasteiger partial charge in [0.1, 0.15) is 0 Å². The number of carbonyl (C=O) groups excluding carboxylic acids is 2. The van der Waals surface area contributed by atoms with Crippen molar-refractivity contribution in [2.75, 3.05) is 14.2 Å². The quantitative estimate of drug-likeness (QED) is 0.118. The Morgan fingerprint density at radius 1 is 0.561 bits per heavy atom.